The number of carbonyl (C=O) groups excluding carboxylic acids is 1. The summed E-state index contributed by atoms with van der Waals surface area (Å²) in [6.45, 7) is 0. The summed E-state index contributed by atoms with van der Waals surface area (Å²) < 4.78 is 4.93. The minimum Gasteiger partial charge on any atom is -0.481 e. The smallest absolute Gasteiger partial charge is 0.258 e. The lowest BCUT2D eigenvalue weighted by molar-refractivity contribution is 0.102. The van der Waals surface area contributed by atoms with E-state index < -0.39 is 0 Å². The highest BCUT2D eigenvalue weighted by atomic mass is 35.5. The fraction of sp³-hybridized carbons (Fsp3) is 0.0833. The number of ether oxygens (including phenoxy) is 1. The maximum atomic E-state index is 11.9. The number of anilines is 1. The van der Waals surface area contributed by atoms with E-state index in [0.29, 0.717) is 10.6 Å². The highest BCUT2D eigenvalue weighted by molar-refractivity contribution is 6.30. The van der Waals surface area contributed by atoms with Gasteiger partial charge in [0.2, 0.25) is 11.8 Å². The van der Waals surface area contributed by atoms with E-state index in [4.69, 9.17) is 27.9 Å². The number of amides is 1. The number of nitrogens with zero attached hydrogens (tertiary/aromatic N) is 2. The molecule has 98 valence electrons. The van der Waals surface area contributed by atoms with E-state index in [-0.39, 0.29) is 22.9 Å². The molecule has 0 aliphatic carbocycles. The van der Waals surface area contributed by atoms with Crippen LogP contribution in [0.1, 0.15) is 10.4 Å². The van der Waals surface area contributed by atoms with Gasteiger partial charge < -0.3 is 4.74 Å². The minimum atomic E-state index is -0.360. The molecule has 0 fully saturated rings. The minimum absolute atomic E-state index is 0.0734. The average molecular weight is 298 g/mol. The normalized spacial score (nSPS) is 10.1. The summed E-state index contributed by atoms with van der Waals surface area (Å²) in [5.74, 6) is -0.0170. The van der Waals surface area contributed by atoms with Gasteiger partial charge in [0, 0.05) is 16.7 Å². The van der Waals surface area contributed by atoms with E-state index in [9.17, 15) is 4.79 Å². The highest BCUT2D eigenvalue weighted by Crippen LogP contribution is 2.16. The molecule has 1 heterocycles. The first-order valence-electron chi connectivity index (χ1n) is 5.24. The van der Waals surface area contributed by atoms with Crippen LogP contribution in [0.2, 0.25) is 10.2 Å². The van der Waals surface area contributed by atoms with Gasteiger partial charge in [-0.2, -0.15) is 4.98 Å². The van der Waals surface area contributed by atoms with Crippen molar-refractivity contribution in [1.29, 1.82) is 0 Å². The quantitative estimate of drug-likeness (QED) is 0.885. The van der Waals surface area contributed by atoms with Gasteiger partial charge in [0.1, 0.15) is 5.15 Å². The number of nitrogens with one attached hydrogen (secondary N) is 1. The topological polar surface area (TPSA) is 64.1 Å². The molecule has 0 bridgehead atoms. The van der Waals surface area contributed by atoms with E-state index >= 15 is 0 Å². The van der Waals surface area contributed by atoms with Gasteiger partial charge in [-0.1, -0.05) is 23.2 Å². The number of hydrogen-bond acceptors (Lipinski definition) is 4. The maximum Gasteiger partial charge on any atom is 0.258 e. The van der Waals surface area contributed by atoms with Crippen molar-refractivity contribution < 1.29 is 9.53 Å². The second kappa shape index (κ2) is 5.86. The largest absolute Gasteiger partial charge is 0.481 e. The molecule has 5 nitrogen and oxygen atoms in total. The van der Waals surface area contributed by atoms with Crippen LogP contribution < -0.4 is 10.1 Å². The first-order chi connectivity index (χ1) is 9.08. The SMILES string of the molecule is COc1cc(Cl)nc(NC(=O)c2ccc(Cl)cc2)n1. The Kier molecular flexibility index (Phi) is 4.19. The lowest BCUT2D eigenvalue weighted by atomic mass is 10.2. The summed E-state index contributed by atoms with van der Waals surface area (Å²) in [5, 5.41) is 3.26. The maximum absolute atomic E-state index is 11.9. The zero-order valence-corrected chi connectivity index (χ0v) is 11.4. The fourth-order valence-electron chi connectivity index (χ4n) is 1.33. The van der Waals surface area contributed by atoms with Gasteiger partial charge in [-0.05, 0) is 24.3 Å². The molecule has 0 unspecified atom stereocenters. The molecule has 0 spiro atoms. The molecule has 0 saturated carbocycles. The summed E-state index contributed by atoms with van der Waals surface area (Å²) in [4.78, 5) is 19.8. The Morgan fingerprint density at radius 2 is 1.89 bits per heavy atom. The van der Waals surface area contributed by atoms with Gasteiger partial charge in [-0.25, -0.2) is 4.98 Å². The Morgan fingerprint density at radius 3 is 2.53 bits per heavy atom. The second-order valence-electron chi connectivity index (χ2n) is 3.52. The Balaban J connectivity index is 2.18. The van der Waals surface area contributed by atoms with Crippen molar-refractivity contribution in [1.82, 2.24) is 9.97 Å². The molecule has 0 aliphatic heterocycles. The first kappa shape index (κ1) is 13.6. The number of methoxy groups -OCH3 is 1. The summed E-state index contributed by atoms with van der Waals surface area (Å²) in [6.07, 6.45) is 0. The van der Waals surface area contributed by atoms with E-state index in [1.165, 1.54) is 13.2 Å². The average Bonchev–Trinajstić information content (AvgIpc) is 2.38. The summed E-state index contributed by atoms with van der Waals surface area (Å²) in [7, 11) is 1.45. The van der Waals surface area contributed by atoms with Crippen molar-refractivity contribution in [3.05, 3.63) is 46.1 Å². The standard InChI is InChI=1S/C12H9Cl2N3O2/c1-19-10-6-9(14)15-12(16-10)17-11(18)7-2-4-8(13)5-3-7/h2-6H,1H3,(H,15,16,17,18). The molecular formula is C12H9Cl2N3O2. The van der Waals surface area contributed by atoms with Crippen molar-refractivity contribution in [2.45, 2.75) is 0 Å². The van der Waals surface area contributed by atoms with Gasteiger partial charge in [-0.3, -0.25) is 10.1 Å². The molecule has 1 amide bonds. The Bertz CT molecular complexity index is 602. The molecule has 19 heavy (non-hydrogen) atoms. The molecule has 1 aromatic carbocycles. The van der Waals surface area contributed by atoms with Crippen LogP contribution in [0, 0.1) is 0 Å². The second-order valence-corrected chi connectivity index (χ2v) is 4.34. The molecular weight excluding hydrogens is 289 g/mol. The monoisotopic (exact) mass is 297 g/mol. The van der Waals surface area contributed by atoms with Crippen LogP contribution >= 0.6 is 23.2 Å². The molecule has 7 heteroatoms. The third kappa shape index (κ3) is 3.56. The number of hydrogen-bond donors (Lipinski definition) is 1. The molecule has 0 radical (unpaired) electrons. The molecule has 2 rings (SSSR count). The Hall–Kier alpha value is -1.85. The van der Waals surface area contributed by atoms with Crippen molar-refractivity contribution in [2.75, 3.05) is 12.4 Å². The van der Waals surface area contributed by atoms with Gasteiger partial charge in [0.15, 0.2) is 0 Å². The highest BCUT2D eigenvalue weighted by Gasteiger charge is 2.09. The van der Waals surface area contributed by atoms with Gasteiger partial charge >= 0.3 is 0 Å². The molecule has 0 aliphatic rings. The lowest BCUT2D eigenvalue weighted by Gasteiger charge is -2.06. The Morgan fingerprint density at radius 1 is 1.21 bits per heavy atom. The van der Waals surface area contributed by atoms with Crippen molar-refractivity contribution in [3.63, 3.8) is 0 Å². The van der Waals surface area contributed by atoms with Crippen LogP contribution in [0.25, 0.3) is 0 Å². The predicted molar refractivity (Wildman–Crippen MR) is 73.0 cm³/mol. The number of halogens is 2. The van der Waals surface area contributed by atoms with Crippen LogP contribution in [0.15, 0.2) is 30.3 Å². The number of rotatable bonds is 3. The lowest BCUT2D eigenvalue weighted by Crippen LogP contribution is -2.14. The van der Waals surface area contributed by atoms with Crippen LogP contribution in [-0.2, 0) is 0 Å². The van der Waals surface area contributed by atoms with Crippen LogP contribution in [0.5, 0.6) is 5.88 Å². The van der Waals surface area contributed by atoms with Gasteiger partial charge in [0.25, 0.3) is 5.91 Å². The van der Waals surface area contributed by atoms with E-state index in [0.717, 1.165) is 0 Å². The first-order valence-corrected chi connectivity index (χ1v) is 5.99. The van der Waals surface area contributed by atoms with Crippen molar-refractivity contribution in [3.8, 4) is 5.88 Å². The van der Waals surface area contributed by atoms with Gasteiger partial charge in [0.05, 0.1) is 7.11 Å². The van der Waals surface area contributed by atoms with E-state index in [1.807, 2.05) is 0 Å². The van der Waals surface area contributed by atoms with Gasteiger partial charge in [-0.15, -0.1) is 0 Å². The summed E-state index contributed by atoms with van der Waals surface area (Å²) >= 11 is 11.5. The third-order valence-corrected chi connectivity index (χ3v) is 2.66. The molecule has 1 N–H and O–H groups in total. The molecule has 1 aromatic heterocycles. The molecule has 0 saturated heterocycles. The number of aromatic nitrogens is 2. The third-order valence-electron chi connectivity index (χ3n) is 2.21. The zero-order valence-electron chi connectivity index (χ0n) is 9.85. The van der Waals surface area contributed by atoms with Crippen LogP contribution in [0.3, 0.4) is 0 Å². The fourth-order valence-corrected chi connectivity index (χ4v) is 1.63. The summed E-state index contributed by atoms with van der Waals surface area (Å²) in [5.41, 5.74) is 0.437. The van der Waals surface area contributed by atoms with Crippen molar-refractivity contribution in [2.24, 2.45) is 0 Å². The van der Waals surface area contributed by atoms with Crippen LogP contribution in [-0.4, -0.2) is 23.0 Å². The number of benzene rings is 1. The summed E-state index contributed by atoms with van der Waals surface area (Å²) in [6, 6.07) is 7.88. The van der Waals surface area contributed by atoms with E-state index in [2.05, 4.69) is 15.3 Å². The molecule has 0 atom stereocenters. The van der Waals surface area contributed by atoms with Crippen molar-refractivity contribution >= 4 is 35.1 Å². The van der Waals surface area contributed by atoms with E-state index in [1.54, 1.807) is 24.3 Å². The van der Waals surface area contributed by atoms with Crippen LogP contribution in [0.4, 0.5) is 5.95 Å². The number of carbonyl (C=O) groups is 1. The Labute approximate surface area is 119 Å². The molecule has 2 aromatic rings. The predicted octanol–water partition coefficient (Wildman–Crippen LogP) is 3.04. The zero-order chi connectivity index (χ0) is 13.8.